The molecule has 0 spiro atoms. The van der Waals surface area contributed by atoms with E-state index in [0.717, 1.165) is 16.0 Å². The van der Waals surface area contributed by atoms with Crippen molar-refractivity contribution in [2.45, 2.75) is 25.2 Å². The van der Waals surface area contributed by atoms with E-state index in [-0.39, 0.29) is 25.9 Å². The van der Waals surface area contributed by atoms with Crippen LogP contribution in [0.5, 0.6) is 0 Å². The Hall–Kier alpha value is -2.96. The van der Waals surface area contributed by atoms with Crippen molar-refractivity contribution in [1.29, 1.82) is 0 Å². The number of amides is 2. The van der Waals surface area contributed by atoms with Crippen LogP contribution in [0.3, 0.4) is 0 Å². The number of cyclic esters (lactones) is 1. The summed E-state index contributed by atoms with van der Waals surface area (Å²) in [6.45, 7) is 4.38. The Morgan fingerprint density at radius 1 is 1.14 bits per heavy atom. The minimum Gasteiger partial charge on any atom is -0.447 e. The molecule has 0 aromatic heterocycles. The maximum absolute atomic E-state index is 12.6. The molecule has 29 heavy (non-hydrogen) atoms. The van der Waals surface area contributed by atoms with Gasteiger partial charge in [-0.25, -0.2) is 9.69 Å². The fourth-order valence-corrected chi connectivity index (χ4v) is 3.10. The minimum atomic E-state index is -0.630. The highest BCUT2D eigenvalue weighted by Crippen LogP contribution is 2.18. The normalized spacial score (nSPS) is 17.0. The molecule has 0 N–H and O–H groups in total. The third-order valence-corrected chi connectivity index (χ3v) is 4.62. The largest absolute Gasteiger partial charge is 0.447 e. The Kier molecular flexibility index (Phi) is 7.55. The summed E-state index contributed by atoms with van der Waals surface area (Å²) in [5.41, 5.74) is 2.09. The van der Waals surface area contributed by atoms with E-state index >= 15 is 0 Å². The lowest BCUT2D eigenvalue weighted by Gasteiger charge is -2.21. The topological polar surface area (TPSA) is 65.1 Å². The van der Waals surface area contributed by atoms with Crippen LogP contribution in [0.25, 0.3) is 0 Å². The number of hydrogen-bond donors (Lipinski definition) is 0. The second-order valence-electron chi connectivity index (χ2n) is 6.77. The lowest BCUT2D eigenvalue weighted by Crippen LogP contribution is -2.42. The fraction of sp³-hybridized carbons (Fsp3) is 0.304. The Labute approximate surface area is 170 Å². The number of carbonyl (C=O) groups excluding carboxylic acids is 2. The predicted octanol–water partition coefficient (Wildman–Crippen LogP) is 3.36. The number of hydrogen-bond acceptors (Lipinski definition) is 5. The molecule has 1 fully saturated rings. The molecule has 6 nitrogen and oxygen atoms in total. The number of rotatable bonds is 10. The second kappa shape index (κ2) is 10.5. The molecular weight excluding hydrogens is 370 g/mol. The van der Waals surface area contributed by atoms with Crippen LogP contribution >= 0.6 is 0 Å². The molecule has 0 unspecified atom stereocenters. The number of benzene rings is 2. The van der Waals surface area contributed by atoms with Gasteiger partial charge in [0.15, 0.2) is 0 Å². The summed E-state index contributed by atoms with van der Waals surface area (Å²) in [6, 6.07) is 19.1. The first-order chi connectivity index (χ1) is 14.2. The number of nitrogens with zero attached hydrogens (tertiary/aromatic N) is 1. The van der Waals surface area contributed by atoms with Gasteiger partial charge in [0.1, 0.15) is 13.2 Å². The minimum absolute atomic E-state index is 0.185. The molecule has 0 radical (unpaired) electrons. The third-order valence-electron chi connectivity index (χ3n) is 4.62. The van der Waals surface area contributed by atoms with Gasteiger partial charge in [-0.3, -0.25) is 4.79 Å². The summed E-state index contributed by atoms with van der Waals surface area (Å²) in [4.78, 5) is 25.8. The molecule has 1 heterocycles. The summed E-state index contributed by atoms with van der Waals surface area (Å²) in [7, 11) is 0. The fourth-order valence-electron chi connectivity index (χ4n) is 3.10. The number of carbonyl (C=O) groups is 2. The van der Waals surface area contributed by atoms with Gasteiger partial charge in [-0.2, -0.15) is 0 Å². The van der Waals surface area contributed by atoms with E-state index in [0.29, 0.717) is 13.0 Å². The maximum atomic E-state index is 12.6. The summed E-state index contributed by atoms with van der Waals surface area (Å²) in [5.74, 6) is -0.427. The van der Waals surface area contributed by atoms with Crippen molar-refractivity contribution in [2.24, 2.45) is 0 Å². The van der Waals surface area contributed by atoms with Crippen LogP contribution < -0.4 is 0 Å². The van der Waals surface area contributed by atoms with Gasteiger partial charge in [-0.15, -0.1) is 6.58 Å². The predicted molar refractivity (Wildman–Crippen MR) is 108 cm³/mol. The van der Waals surface area contributed by atoms with Crippen molar-refractivity contribution in [3.05, 3.63) is 84.4 Å². The lowest BCUT2D eigenvalue weighted by molar-refractivity contribution is -0.136. The van der Waals surface area contributed by atoms with Gasteiger partial charge in [0.05, 0.1) is 25.4 Å². The Morgan fingerprint density at radius 2 is 1.79 bits per heavy atom. The molecule has 2 atom stereocenters. The van der Waals surface area contributed by atoms with Gasteiger partial charge in [0, 0.05) is 0 Å². The Morgan fingerprint density at radius 3 is 2.45 bits per heavy atom. The third kappa shape index (κ3) is 6.01. The molecule has 6 heteroatoms. The van der Waals surface area contributed by atoms with Crippen LogP contribution in [0.15, 0.2) is 73.3 Å². The van der Waals surface area contributed by atoms with Crippen LogP contribution in [-0.2, 0) is 32.0 Å². The zero-order chi connectivity index (χ0) is 20.5. The highest BCUT2D eigenvalue weighted by molar-refractivity contribution is 5.94. The van der Waals surface area contributed by atoms with Gasteiger partial charge in [0.2, 0.25) is 0 Å². The smallest absolute Gasteiger partial charge is 0.417 e. The van der Waals surface area contributed by atoms with E-state index < -0.39 is 18.1 Å². The van der Waals surface area contributed by atoms with E-state index in [9.17, 15) is 9.59 Å². The zero-order valence-corrected chi connectivity index (χ0v) is 16.2. The molecule has 2 aromatic rings. The first kappa shape index (κ1) is 20.8. The van der Waals surface area contributed by atoms with E-state index in [4.69, 9.17) is 14.2 Å². The standard InChI is InChI=1S/C23H25NO5/c1-2-21(16-27-14-19-11-7-4-8-12-19)28-17-22(25)24-20(15-29-23(24)26)13-18-9-5-3-6-10-18/h2-12,20-21H,1,13-17H2/t20-,21-/m0/s1. The lowest BCUT2D eigenvalue weighted by atomic mass is 10.1. The van der Waals surface area contributed by atoms with Gasteiger partial charge in [-0.05, 0) is 17.5 Å². The SMILES string of the molecule is C=C[C@@H](COCc1ccccc1)OCC(=O)N1C(=O)OC[C@@H]1Cc1ccccc1. The molecule has 1 aliphatic rings. The summed E-state index contributed by atoms with van der Waals surface area (Å²) >= 11 is 0. The monoisotopic (exact) mass is 395 g/mol. The van der Waals surface area contributed by atoms with Crippen molar-refractivity contribution in [3.8, 4) is 0 Å². The van der Waals surface area contributed by atoms with Crippen molar-refractivity contribution >= 4 is 12.0 Å². The van der Waals surface area contributed by atoms with Crippen molar-refractivity contribution in [3.63, 3.8) is 0 Å². The summed E-state index contributed by atoms with van der Waals surface area (Å²) < 4.78 is 16.3. The highest BCUT2D eigenvalue weighted by Gasteiger charge is 2.37. The van der Waals surface area contributed by atoms with Crippen LogP contribution in [0.2, 0.25) is 0 Å². The average molecular weight is 395 g/mol. The Bertz CT molecular complexity index is 809. The van der Waals surface area contributed by atoms with E-state index in [1.807, 2.05) is 60.7 Å². The number of imide groups is 1. The van der Waals surface area contributed by atoms with Gasteiger partial charge < -0.3 is 14.2 Å². The van der Waals surface area contributed by atoms with Crippen LogP contribution in [0.4, 0.5) is 4.79 Å². The highest BCUT2D eigenvalue weighted by atomic mass is 16.6. The van der Waals surface area contributed by atoms with E-state index in [1.165, 1.54) is 0 Å². The van der Waals surface area contributed by atoms with Crippen LogP contribution in [0.1, 0.15) is 11.1 Å². The van der Waals surface area contributed by atoms with Crippen molar-refractivity contribution in [1.82, 2.24) is 4.90 Å². The van der Waals surface area contributed by atoms with Gasteiger partial charge >= 0.3 is 6.09 Å². The average Bonchev–Trinajstić information content (AvgIpc) is 3.11. The van der Waals surface area contributed by atoms with Crippen LogP contribution in [0, 0.1) is 0 Å². The van der Waals surface area contributed by atoms with Gasteiger partial charge in [-0.1, -0.05) is 66.7 Å². The molecular formula is C23H25NO5. The molecule has 2 amide bonds. The van der Waals surface area contributed by atoms with E-state index in [2.05, 4.69) is 6.58 Å². The number of ether oxygens (including phenoxy) is 3. The molecule has 0 bridgehead atoms. The molecule has 152 valence electrons. The van der Waals surface area contributed by atoms with Crippen LogP contribution in [-0.4, -0.2) is 48.9 Å². The van der Waals surface area contributed by atoms with Crippen molar-refractivity contribution in [2.75, 3.05) is 19.8 Å². The van der Waals surface area contributed by atoms with Crippen molar-refractivity contribution < 1.29 is 23.8 Å². The first-order valence-electron chi connectivity index (χ1n) is 9.56. The molecule has 3 rings (SSSR count). The molecule has 2 aromatic carbocycles. The summed E-state index contributed by atoms with van der Waals surface area (Å²) in [5, 5.41) is 0. The molecule has 0 aliphatic carbocycles. The molecule has 1 aliphatic heterocycles. The molecule has 0 saturated carbocycles. The quantitative estimate of drug-likeness (QED) is 0.577. The van der Waals surface area contributed by atoms with E-state index in [1.54, 1.807) is 6.08 Å². The second-order valence-corrected chi connectivity index (χ2v) is 6.77. The Balaban J connectivity index is 1.48. The zero-order valence-electron chi connectivity index (χ0n) is 16.2. The summed E-state index contributed by atoms with van der Waals surface area (Å²) in [6.07, 6.45) is 1.05. The first-order valence-corrected chi connectivity index (χ1v) is 9.56. The molecule has 1 saturated heterocycles. The maximum Gasteiger partial charge on any atom is 0.417 e. The van der Waals surface area contributed by atoms with Gasteiger partial charge in [0.25, 0.3) is 5.91 Å².